The molecule has 1 amide bonds. The fourth-order valence-corrected chi connectivity index (χ4v) is 3.49. The highest BCUT2D eigenvalue weighted by atomic mass is 19.4. The average molecular weight is 376 g/mol. The minimum atomic E-state index is -4.33. The SMILES string of the molecule is Cc1cc(C)cc(C(=O)N2CCN(Cc3cccc(C(F)(F)F)c3)CC2)c1. The van der Waals surface area contributed by atoms with Crippen molar-refractivity contribution in [3.63, 3.8) is 0 Å². The summed E-state index contributed by atoms with van der Waals surface area (Å²) < 4.78 is 38.5. The molecular formula is C21H23F3N2O. The highest BCUT2D eigenvalue weighted by molar-refractivity contribution is 5.94. The van der Waals surface area contributed by atoms with Gasteiger partial charge in [-0.1, -0.05) is 35.4 Å². The van der Waals surface area contributed by atoms with Crippen molar-refractivity contribution in [3.05, 3.63) is 70.3 Å². The van der Waals surface area contributed by atoms with E-state index in [0.29, 0.717) is 43.9 Å². The van der Waals surface area contributed by atoms with Crippen LogP contribution in [0.3, 0.4) is 0 Å². The molecule has 1 saturated heterocycles. The summed E-state index contributed by atoms with van der Waals surface area (Å²) in [6, 6.07) is 11.3. The molecule has 1 fully saturated rings. The van der Waals surface area contributed by atoms with Crippen molar-refractivity contribution in [1.82, 2.24) is 9.80 Å². The zero-order valence-electron chi connectivity index (χ0n) is 15.5. The van der Waals surface area contributed by atoms with Crippen LogP contribution in [0.1, 0.15) is 32.6 Å². The standard InChI is InChI=1S/C21H23F3N2O/c1-15-10-16(2)12-18(11-15)20(27)26-8-6-25(7-9-26)14-17-4-3-5-19(13-17)21(22,23)24/h3-5,10-13H,6-9,14H2,1-2H3. The smallest absolute Gasteiger partial charge is 0.336 e. The van der Waals surface area contributed by atoms with Crippen molar-refractivity contribution in [2.75, 3.05) is 26.2 Å². The summed E-state index contributed by atoms with van der Waals surface area (Å²) >= 11 is 0. The Morgan fingerprint density at radius 1 is 0.963 bits per heavy atom. The van der Waals surface area contributed by atoms with E-state index in [4.69, 9.17) is 0 Å². The van der Waals surface area contributed by atoms with Gasteiger partial charge in [0.25, 0.3) is 5.91 Å². The molecule has 0 aromatic heterocycles. The summed E-state index contributed by atoms with van der Waals surface area (Å²) in [5.74, 6) is 0.0144. The van der Waals surface area contributed by atoms with E-state index in [9.17, 15) is 18.0 Å². The number of amides is 1. The number of carbonyl (C=O) groups excluding carboxylic acids is 1. The van der Waals surface area contributed by atoms with Crippen LogP contribution in [0.4, 0.5) is 13.2 Å². The van der Waals surface area contributed by atoms with E-state index < -0.39 is 11.7 Å². The summed E-state index contributed by atoms with van der Waals surface area (Å²) in [5.41, 5.74) is 2.82. The Morgan fingerprint density at radius 3 is 2.19 bits per heavy atom. The average Bonchev–Trinajstić information content (AvgIpc) is 2.60. The number of halogens is 3. The van der Waals surface area contributed by atoms with E-state index in [1.54, 1.807) is 6.07 Å². The lowest BCUT2D eigenvalue weighted by atomic mass is 10.1. The van der Waals surface area contributed by atoms with Gasteiger partial charge in [-0.15, -0.1) is 0 Å². The molecule has 27 heavy (non-hydrogen) atoms. The number of hydrogen-bond acceptors (Lipinski definition) is 2. The first kappa shape index (κ1) is 19.4. The Bertz CT molecular complexity index is 804. The first-order chi connectivity index (χ1) is 12.7. The molecule has 1 aliphatic rings. The molecule has 0 saturated carbocycles. The first-order valence-corrected chi connectivity index (χ1v) is 8.98. The number of carbonyl (C=O) groups is 1. The third-order valence-electron chi connectivity index (χ3n) is 4.79. The van der Waals surface area contributed by atoms with Gasteiger partial charge in [-0.05, 0) is 37.6 Å². The minimum Gasteiger partial charge on any atom is -0.336 e. The van der Waals surface area contributed by atoms with Crippen LogP contribution in [-0.4, -0.2) is 41.9 Å². The summed E-state index contributed by atoms with van der Waals surface area (Å²) in [6.07, 6.45) is -4.33. The highest BCUT2D eigenvalue weighted by Crippen LogP contribution is 2.29. The number of aryl methyl sites for hydroxylation is 2. The van der Waals surface area contributed by atoms with E-state index in [0.717, 1.165) is 17.2 Å². The van der Waals surface area contributed by atoms with Gasteiger partial charge in [-0.25, -0.2) is 0 Å². The second-order valence-electron chi connectivity index (χ2n) is 7.14. The van der Waals surface area contributed by atoms with Gasteiger partial charge in [-0.2, -0.15) is 13.2 Å². The molecule has 2 aromatic rings. The fourth-order valence-electron chi connectivity index (χ4n) is 3.49. The van der Waals surface area contributed by atoms with E-state index in [2.05, 4.69) is 4.90 Å². The van der Waals surface area contributed by atoms with Gasteiger partial charge in [0.2, 0.25) is 0 Å². The molecule has 0 spiro atoms. The Kier molecular flexibility index (Phi) is 5.56. The third kappa shape index (κ3) is 4.89. The van der Waals surface area contributed by atoms with Crippen LogP contribution in [0, 0.1) is 13.8 Å². The van der Waals surface area contributed by atoms with Crippen LogP contribution in [0.5, 0.6) is 0 Å². The molecule has 1 aliphatic heterocycles. The second-order valence-corrected chi connectivity index (χ2v) is 7.14. The molecule has 0 aliphatic carbocycles. The third-order valence-corrected chi connectivity index (χ3v) is 4.79. The quantitative estimate of drug-likeness (QED) is 0.798. The number of benzene rings is 2. The van der Waals surface area contributed by atoms with Crippen LogP contribution >= 0.6 is 0 Å². The Morgan fingerprint density at radius 2 is 1.59 bits per heavy atom. The van der Waals surface area contributed by atoms with Crippen molar-refractivity contribution in [2.45, 2.75) is 26.6 Å². The molecule has 6 heteroatoms. The summed E-state index contributed by atoms with van der Waals surface area (Å²) in [7, 11) is 0. The van der Waals surface area contributed by atoms with Crippen LogP contribution < -0.4 is 0 Å². The van der Waals surface area contributed by atoms with Gasteiger partial charge < -0.3 is 4.90 Å². The first-order valence-electron chi connectivity index (χ1n) is 8.98. The molecule has 0 N–H and O–H groups in total. The van der Waals surface area contributed by atoms with E-state index in [-0.39, 0.29) is 5.91 Å². The van der Waals surface area contributed by atoms with Crippen LogP contribution in [0.2, 0.25) is 0 Å². The summed E-state index contributed by atoms with van der Waals surface area (Å²) in [4.78, 5) is 16.6. The zero-order valence-corrected chi connectivity index (χ0v) is 15.5. The number of nitrogens with zero attached hydrogens (tertiary/aromatic N) is 2. The van der Waals surface area contributed by atoms with Crippen molar-refractivity contribution < 1.29 is 18.0 Å². The van der Waals surface area contributed by atoms with E-state index in [1.165, 1.54) is 12.1 Å². The molecule has 144 valence electrons. The van der Waals surface area contributed by atoms with Gasteiger partial charge in [-0.3, -0.25) is 9.69 Å². The molecule has 1 heterocycles. The molecule has 0 radical (unpaired) electrons. The van der Waals surface area contributed by atoms with Gasteiger partial charge in [0.05, 0.1) is 5.56 Å². The number of hydrogen-bond donors (Lipinski definition) is 0. The molecule has 2 aromatic carbocycles. The molecule has 0 atom stereocenters. The normalized spacial score (nSPS) is 15.8. The van der Waals surface area contributed by atoms with Gasteiger partial charge in [0.1, 0.15) is 0 Å². The molecule has 0 unspecified atom stereocenters. The maximum atomic E-state index is 12.8. The van der Waals surface area contributed by atoms with Crippen molar-refractivity contribution in [1.29, 1.82) is 0 Å². The predicted molar refractivity (Wildman–Crippen MR) is 98.5 cm³/mol. The number of rotatable bonds is 3. The van der Waals surface area contributed by atoms with E-state index >= 15 is 0 Å². The Balaban J connectivity index is 1.60. The lowest BCUT2D eigenvalue weighted by Gasteiger charge is -2.35. The van der Waals surface area contributed by atoms with Gasteiger partial charge in [0.15, 0.2) is 0 Å². The highest BCUT2D eigenvalue weighted by Gasteiger charge is 2.30. The zero-order chi connectivity index (χ0) is 19.6. The molecule has 3 nitrogen and oxygen atoms in total. The van der Waals surface area contributed by atoms with Crippen LogP contribution in [-0.2, 0) is 12.7 Å². The van der Waals surface area contributed by atoms with Gasteiger partial charge in [0, 0.05) is 38.3 Å². The predicted octanol–water partition coefficient (Wildman–Crippen LogP) is 4.28. The second kappa shape index (κ2) is 7.72. The lowest BCUT2D eigenvalue weighted by molar-refractivity contribution is -0.137. The summed E-state index contributed by atoms with van der Waals surface area (Å²) in [5, 5.41) is 0. The maximum absolute atomic E-state index is 12.8. The van der Waals surface area contributed by atoms with Crippen LogP contribution in [0.15, 0.2) is 42.5 Å². The Hall–Kier alpha value is -2.34. The summed E-state index contributed by atoms with van der Waals surface area (Å²) in [6.45, 7) is 6.83. The van der Waals surface area contributed by atoms with Crippen LogP contribution in [0.25, 0.3) is 0 Å². The molecule has 0 bridgehead atoms. The van der Waals surface area contributed by atoms with Crippen molar-refractivity contribution in [2.24, 2.45) is 0 Å². The van der Waals surface area contributed by atoms with Crippen molar-refractivity contribution in [3.8, 4) is 0 Å². The molecule has 3 rings (SSSR count). The van der Waals surface area contributed by atoms with E-state index in [1.807, 2.05) is 36.9 Å². The minimum absolute atomic E-state index is 0.0144. The fraction of sp³-hybridized carbons (Fsp3) is 0.381. The monoisotopic (exact) mass is 376 g/mol. The number of piperazine rings is 1. The maximum Gasteiger partial charge on any atom is 0.416 e. The Labute approximate surface area is 157 Å². The largest absolute Gasteiger partial charge is 0.416 e. The van der Waals surface area contributed by atoms with Gasteiger partial charge >= 0.3 is 6.18 Å². The van der Waals surface area contributed by atoms with Crippen molar-refractivity contribution >= 4 is 5.91 Å². The lowest BCUT2D eigenvalue weighted by Crippen LogP contribution is -2.48. The molecular weight excluding hydrogens is 353 g/mol. The topological polar surface area (TPSA) is 23.6 Å². The number of alkyl halides is 3.